The first-order chi connectivity index (χ1) is 14.0. The third kappa shape index (κ3) is 4.62. The monoisotopic (exact) mass is 459 g/mol. The van der Waals surface area contributed by atoms with Crippen LogP contribution in [-0.2, 0) is 4.74 Å². The van der Waals surface area contributed by atoms with Crippen molar-refractivity contribution >= 4 is 27.9 Å². The van der Waals surface area contributed by atoms with E-state index in [1.807, 2.05) is 13.0 Å². The second-order valence-corrected chi connectivity index (χ2v) is 6.57. The first-order valence-electron chi connectivity index (χ1n) is 8.87. The highest BCUT2D eigenvalue weighted by Crippen LogP contribution is 2.40. The molecule has 0 spiro atoms. The molecular weight excluding hydrogens is 442 g/mol. The number of hydrogen-bond donors (Lipinski definition) is 1. The van der Waals surface area contributed by atoms with Crippen molar-refractivity contribution in [3.8, 4) is 22.8 Å². The van der Waals surface area contributed by atoms with Crippen molar-refractivity contribution < 1.29 is 23.8 Å². The fourth-order valence-corrected chi connectivity index (χ4v) is 3.09. The Morgan fingerprint density at radius 1 is 1.03 bits per heavy atom. The van der Waals surface area contributed by atoms with E-state index in [1.165, 1.54) is 0 Å². The lowest BCUT2D eigenvalue weighted by Gasteiger charge is -2.14. The number of aromatic nitrogens is 3. The molecule has 1 heterocycles. The zero-order chi connectivity index (χ0) is 20.8. The Morgan fingerprint density at radius 3 is 2.48 bits per heavy atom. The number of carbonyl (C=O) groups is 2. The van der Waals surface area contributed by atoms with Gasteiger partial charge in [-0.15, -0.1) is 5.10 Å². The maximum atomic E-state index is 12.5. The summed E-state index contributed by atoms with van der Waals surface area (Å²) in [5, 5.41) is 10.4. The molecule has 3 rings (SSSR count). The molecule has 0 amide bonds. The van der Waals surface area contributed by atoms with Gasteiger partial charge in [0.1, 0.15) is 5.69 Å². The van der Waals surface area contributed by atoms with Gasteiger partial charge in [-0.2, -0.15) is 10.3 Å². The van der Waals surface area contributed by atoms with Gasteiger partial charge < -0.3 is 14.2 Å². The van der Waals surface area contributed by atoms with Gasteiger partial charge in [-0.25, -0.2) is 9.59 Å². The molecule has 0 radical (unpaired) electrons. The highest BCUT2D eigenvalue weighted by molar-refractivity contribution is 9.10. The molecule has 2 aromatic carbocycles. The van der Waals surface area contributed by atoms with E-state index in [-0.39, 0.29) is 18.1 Å². The summed E-state index contributed by atoms with van der Waals surface area (Å²) in [6.07, 6.45) is 0. The van der Waals surface area contributed by atoms with Crippen LogP contribution in [0.5, 0.6) is 11.5 Å². The summed E-state index contributed by atoms with van der Waals surface area (Å²) in [6.45, 7) is 4.07. The molecule has 0 fully saturated rings. The van der Waals surface area contributed by atoms with E-state index in [1.54, 1.807) is 43.3 Å². The quantitative estimate of drug-likeness (QED) is 0.420. The molecule has 0 unspecified atom stereocenters. The molecule has 150 valence electrons. The maximum Gasteiger partial charge on any atom is 0.361 e. The van der Waals surface area contributed by atoms with Crippen molar-refractivity contribution in [3.05, 3.63) is 58.2 Å². The Bertz CT molecular complexity index is 1020. The lowest BCUT2D eigenvalue weighted by Crippen LogP contribution is -2.10. The predicted octanol–water partition coefficient (Wildman–Crippen LogP) is 4.03. The SMILES string of the molecule is CCOC(=O)c1n[nH]nc1-c1cc(Br)c(OC(=O)c2ccccc2)c(OCC)c1. The zero-order valence-corrected chi connectivity index (χ0v) is 17.4. The summed E-state index contributed by atoms with van der Waals surface area (Å²) in [5.41, 5.74) is 1.30. The van der Waals surface area contributed by atoms with Gasteiger partial charge in [-0.1, -0.05) is 18.2 Å². The highest BCUT2D eigenvalue weighted by atomic mass is 79.9. The molecule has 1 N–H and O–H groups in total. The maximum absolute atomic E-state index is 12.5. The Kier molecular flexibility index (Phi) is 6.61. The molecule has 0 saturated carbocycles. The number of rotatable bonds is 7. The summed E-state index contributed by atoms with van der Waals surface area (Å²) in [7, 11) is 0. The topological polar surface area (TPSA) is 103 Å². The molecule has 1 aromatic heterocycles. The molecule has 29 heavy (non-hydrogen) atoms. The molecule has 0 aliphatic carbocycles. The second kappa shape index (κ2) is 9.33. The number of nitrogens with zero attached hydrogens (tertiary/aromatic N) is 2. The van der Waals surface area contributed by atoms with Crippen LogP contribution < -0.4 is 9.47 Å². The summed E-state index contributed by atoms with van der Waals surface area (Å²) < 4.78 is 16.7. The van der Waals surface area contributed by atoms with Crippen molar-refractivity contribution in [1.29, 1.82) is 0 Å². The molecule has 0 aliphatic heterocycles. The van der Waals surface area contributed by atoms with Gasteiger partial charge >= 0.3 is 11.9 Å². The van der Waals surface area contributed by atoms with Crippen molar-refractivity contribution in [3.63, 3.8) is 0 Å². The van der Waals surface area contributed by atoms with Gasteiger partial charge in [0.2, 0.25) is 0 Å². The van der Waals surface area contributed by atoms with Gasteiger partial charge in [0.05, 0.1) is 23.2 Å². The Hall–Kier alpha value is -3.20. The molecule has 0 bridgehead atoms. The minimum atomic E-state index is -0.593. The number of benzene rings is 2. The molecule has 9 heteroatoms. The van der Waals surface area contributed by atoms with Crippen LogP contribution >= 0.6 is 15.9 Å². The molecule has 0 saturated heterocycles. The van der Waals surface area contributed by atoms with Gasteiger partial charge in [0.15, 0.2) is 17.2 Å². The van der Waals surface area contributed by atoms with Crippen LogP contribution in [0.3, 0.4) is 0 Å². The number of aromatic amines is 1. The lowest BCUT2D eigenvalue weighted by atomic mass is 10.1. The summed E-state index contributed by atoms with van der Waals surface area (Å²) in [5.74, 6) is -0.567. The zero-order valence-electron chi connectivity index (χ0n) is 15.8. The van der Waals surface area contributed by atoms with E-state index in [0.29, 0.717) is 33.6 Å². The van der Waals surface area contributed by atoms with Crippen molar-refractivity contribution in [2.24, 2.45) is 0 Å². The average molecular weight is 460 g/mol. The Labute approximate surface area is 175 Å². The largest absolute Gasteiger partial charge is 0.490 e. The molecule has 0 atom stereocenters. The molecule has 0 aliphatic rings. The number of hydrogen-bond acceptors (Lipinski definition) is 7. The number of esters is 2. The van der Waals surface area contributed by atoms with Gasteiger partial charge in [-0.3, -0.25) is 0 Å². The first kappa shape index (κ1) is 20.5. The average Bonchev–Trinajstić information content (AvgIpc) is 3.21. The summed E-state index contributed by atoms with van der Waals surface area (Å²) in [4.78, 5) is 24.6. The van der Waals surface area contributed by atoms with E-state index in [0.717, 1.165) is 0 Å². The van der Waals surface area contributed by atoms with Crippen molar-refractivity contribution in [1.82, 2.24) is 15.4 Å². The van der Waals surface area contributed by atoms with E-state index >= 15 is 0 Å². The number of ether oxygens (including phenoxy) is 3. The lowest BCUT2D eigenvalue weighted by molar-refractivity contribution is 0.0520. The molecule has 3 aromatic rings. The van der Waals surface area contributed by atoms with E-state index < -0.39 is 11.9 Å². The summed E-state index contributed by atoms with van der Waals surface area (Å²) in [6, 6.07) is 11.9. The number of carbonyl (C=O) groups excluding carboxylic acids is 2. The van der Waals surface area contributed by atoms with Crippen LogP contribution in [0.15, 0.2) is 46.9 Å². The van der Waals surface area contributed by atoms with Crippen molar-refractivity contribution in [2.45, 2.75) is 13.8 Å². The third-order valence-corrected chi connectivity index (χ3v) is 4.39. The number of halogens is 1. The van der Waals surface area contributed by atoms with E-state index in [9.17, 15) is 9.59 Å². The Balaban J connectivity index is 1.98. The van der Waals surface area contributed by atoms with Crippen LogP contribution in [-0.4, -0.2) is 40.6 Å². The smallest absolute Gasteiger partial charge is 0.361 e. The minimum absolute atomic E-state index is 0.0511. The first-order valence-corrected chi connectivity index (χ1v) is 9.66. The Morgan fingerprint density at radius 2 is 1.79 bits per heavy atom. The normalized spacial score (nSPS) is 10.4. The number of H-pyrrole nitrogens is 1. The fraction of sp³-hybridized carbons (Fsp3) is 0.200. The highest BCUT2D eigenvalue weighted by Gasteiger charge is 2.23. The van der Waals surface area contributed by atoms with Gasteiger partial charge in [0.25, 0.3) is 0 Å². The van der Waals surface area contributed by atoms with E-state index in [2.05, 4.69) is 31.3 Å². The van der Waals surface area contributed by atoms with Crippen LogP contribution in [0, 0.1) is 0 Å². The molecular formula is C20H18BrN3O5. The van der Waals surface area contributed by atoms with Crippen LogP contribution in [0.1, 0.15) is 34.7 Å². The van der Waals surface area contributed by atoms with Gasteiger partial charge in [0, 0.05) is 5.56 Å². The van der Waals surface area contributed by atoms with Crippen LogP contribution in [0.25, 0.3) is 11.3 Å². The van der Waals surface area contributed by atoms with Crippen LogP contribution in [0.4, 0.5) is 0 Å². The van der Waals surface area contributed by atoms with Crippen LogP contribution in [0.2, 0.25) is 0 Å². The predicted molar refractivity (Wildman–Crippen MR) is 108 cm³/mol. The summed E-state index contributed by atoms with van der Waals surface area (Å²) >= 11 is 3.42. The third-order valence-electron chi connectivity index (χ3n) is 3.80. The standard InChI is InChI=1S/C20H18BrN3O5/c1-3-27-15-11-13(16-17(23-24-22-16)20(26)28-4-2)10-14(21)18(15)29-19(25)12-8-6-5-7-9-12/h5-11H,3-4H2,1-2H3,(H,22,23,24). The van der Waals surface area contributed by atoms with E-state index in [4.69, 9.17) is 14.2 Å². The molecule has 8 nitrogen and oxygen atoms in total. The number of nitrogens with one attached hydrogen (secondary N) is 1. The fourth-order valence-electron chi connectivity index (χ4n) is 2.57. The second-order valence-electron chi connectivity index (χ2n) is 5.72. The van der Waals surface area contributed by atoms with Crippen molar-refractivity contribution in [2.75, 3.05) is 13.2 Å². The van der Waals surface area contributed by atoms with Gasteiger partial charge in [-0.05, 0) is 54.0 Å². The minimum Gasteiger partial charge on any atom is -0.490 e.